The smallest absolute Gasteiger partial charge is 0.0253 e. The summed E-state index contributed by atoms with van der Waals surface area (Å²) in [5, 5.41) is 0. The monoisotopic (exact) mass is 650 g/mol. The number of benzene rings is 2. The normalized spacial score (nSPS) is 29.6. The molecule has 1 unspecified atom stereocenters. The van der Waals surface area contributed by atoms with Crippen molar-refractivity contribution < 1.29 is 49.0 Å². The van der Waals surface area contributed by atoms with Gasteiger partial charge < -0.3 is 24.8 Å². The average Bonchev–Trinajstić information content (AvgIpc) is 3.41. The molecule has 0 aliphatic heterocycles. The van der Waals surface area contributed by atoms with Crippen molar-refractivity contribution in [2.75, 3.05) is 0 Å². The maximum absolute atomic E-state index is 3.54. The maximum atomic E-state index is 3.54. The number of hydrogen-bond donors (Lipinski definition) is 0. The van der Waals surface area contributed by atoms with Crippen LogP contribution in [0.3, 0.4) is 0 Å². The zero-order chi connectivity index (χ0) is 27.4. The molecule has 2 aromatic rings. The summed E-state index contributed by atoms with van der Waals surface area (Å²) in [5.41, 5.74) is 13.2. The first-order valence-electron chi connectivity index (χ1n) is 14.9. The second kappa shape index (κ2) is 13.3. The average molecular weight is 653 g/mol. The van der Waals surface area contributed by atoms with E-state index in [9.17, 15) is 0 Å². The molecule has 1 atom stereocenters. The van der Waals surface area contributed by atoms with Gasteiger partial charge in [0.1, 0.15) is 0 Å². The summed E-state index contributed by atoms with van der Waals surface area (Å²) < 4.78 is 1.51. The summed E-state index contributed by atoms with van der Waals surface area (Å²) in [7, 11) is 0. The van der Waals surface area contributed by atoms with E-state index in [4.69, 9.17) is 0 Å². The number of rotatable bonds is 1. The van der Waals surface area contributed by atoms with Crippen LogP contribution in [0.1, 0.15) is 93.2 Å². The Kier molecular flexibility index (Phi) is 11.2. The van der Waals surface area contributed by atoms with Gasteiger partial charge in [0.25, 0.3) is 0 Å². The zero-order valence-corrected chi connectivity index (χ0v) is 29.7. The summed E-state index contributed by atoms with van der Waals surface area (Å²) in [5.74, 6) is 4.68. The number of fused-ring (bicyclic) bond motifs is 3. The van der Waals surface area contributed by atoms with Crippen molar-refractivity contribution in [2.45, 2.75) is 93.9 Å². The summed E-state index contributed by atoms with van der Waals surface area (Å²) >= 11 is 1.55. The molecule has 6 aliphatic carbocycles. The fourth-order valence-electron chi connectivity index (χ4n) is 8.20. The number of hydrogen-bond acceptors (Lipinski definition) is 0. The van der Waals surface area contributed by atoms with Crippen LogP contribution in [0.15, 0.2) is 35.9 Å². The topological polar surface area (TPSA) is 0 Å². The van der Waals surface area contributed by atoms with Crippen LogP contribution in [0, 0.1) is 74.8 Å². The van der Waals surface area contributed by atoms with Crippen LogP contribution in [0.2, 0.25) is 0 Å². The van der Waals surface area contributed by atoms with Crippen LogP contribution in [-0.4, -0.2) is 3.21 Å². The molecule has 0 nitrogen and oxygen atoms in total. The Morgan fingerprint density at radius 2 is 1.35 bits per heavy atom. The predicted octanol–water partition coefficient (Wildman–Crippen LogP) is 3.43. The summed E-state index contributed by atoms with van der Waals surface area (Å²) in [6.45, 7) is 17.8. The van der Waals surface area contributed by atoms with Gasteiger partial charge in [0, 0.05) is 0 Å². The molecule has 6 aliphatic rings. The summed E-state index contributed by atoms with van der Waals surface area (Å²) in [4.78, 5) is 0. The third kappa shape index (κ3) is 6.58. The molecule has 214 valence electrons. The first kappa shape index (κ1) is 33.8. The van der Waals surface area contributed by atoms with E-state index in [1.807, 2.05) is 0 Å². The third-order valence-corrected chi connectivity index (χ3v) is 10.4. The molecule has 0 spiro atoms. The molecule has 0 radical (unpaired) electrons. The van der Waals surface area contributed by atoms with Crippen LogP contribution in [-0.2, 0) is 30.7 Å². The van der Waals surface area contributed by atoms with Crippen molar-refractivity contribution >= 4 is 3.21 Å². The third-order valence-electron chi connectivity index (χ3n) is 10.4. The minimum Gasteiger partial charge on any atom is -1.00 e. The molecule has 0 saturated heterocycles. The van der Waals surface area contributed by atoms with E-state index in [1.54, 1.807) is 36.2 Å². The number of allylic oxidation sites excluding steroid dienone is 4. The van der Waals surface area contributed by atoms with Crippen molar-refractivity contribution in [1.82, 2.24) is 0 Å². The van der Waals surface area contributed by atoms with Crippen molar-refractivity contribution in [3.05, 3.63) is 81.4 Å². The summed E-state index contributed by atoms with van der Waals surface area (Å²) in [6.07, 6.45) is 17.0. The second-order valence-corrected chi connectivity index (χ2v) is 16.0. The number of aryl methyl sites for hydroxylation is 4. The van der Waals surface area contributed by atoms with E-state index < -0.39 is 0 Å². The quantitative estimate of drug-likeness (QED) is 0.354. The Morgan fingerprint density at radius 1 is 0.825 bits per heavy atom. The number of halogens is 2. The Morgan fingerprint density at radius 3 is 1.88 bits per heavy atom. The van der Waals surface area contributed by atoms with E-state index in [0.29, 0.717) is 11.3 Å². The predicted molar refractivity (Wildman–Crippen MR) is 159 cm³/mol. The van der Waals surface area contributed by atoms with Gasteiger partial charge in [0.05, 0.1) is 0 Å². The fourth-order valence-corrected chi connectivity index (χ4v) is 8.20. The van der Waals surface area contributed by atoms with E-state index in [-0.39, 0.29) is 24.8 Å². The van der Waals surface area contributed by atoms with Gasteiger partial charge >= 0.3 is 41.3 Å². The molecule has 0 aromatic heterocycles. The van der Waals surface area contributed by atoms with Gasteiger partial charge in [-0.2, -0.15) is 34.9 Å². The molecule has 3 heteroatoms. The first-order valence-corrected chi connectivity index (χ1v) is 16.1. The standard InChI is InChI=1S/C17H23.C17H17.C3H6.2ClH.Zr/c1-11-3-4-14(5-11)17(2)15-7-12-6-13(9-15)10-16(17)8-12;1-10-5-14-9-15-6-11(2)13(4)8-17(15)16(14)7-12(10)3;1-3-2;;;/h4-5,11-13,15-16H,6-10H2,1-2H3;5,7-8H,9H2,1-4H3;1-2H3;2*1H;/q2*-1;;;;+2/p-2. The van der Waals surface area contributed by atoms with E-state index in [2.05, 4.69) is 97.9 Å². The Balaban J connectivity index is 0.000000187. The van der Waals surface area contributed by atoms with Gasteiger partial charge in [0.15, 0.2) is 0 Å². The molecule has 0 amide bonds. The molecular weight excluding hydrogens is 607 g/mol. The van der Waals surface area contributed by atoms with Crippen molar-refractivity contribution in [3.63, 3.8) is 0 Å². The SMILES string of the molecule is CC1[C-]=CC(C2(C)C3CC4CC(C3)CC2C4)=C1.C[C](C)=[Zr+2].Cc1[c-]c2c(cc1C)-c1cc(C)c(C)cc1C2.[Cl-].[Cl-]. The molecule has 4 bridgehead atoms. The van der Waals surface area contributed by atoms with Crippen LogP contribution in [0.5, 0.6) is 0 Å². The molecular formula is C37H46Cl2Zr-2. The second-order valence-electron chi connectivity index (χ2n) is 13.5. The van der Waals surface area contributed by atoms with Crippen LogP contribution >= 0.6 is 0 Å². The van der Waals surface area contributed by atoms with E-state index in [0.717, 1.165) is 30.1 Å². The molecule has 0 heterocycles. The largest absolute Gasteiger partial charge is 1.00 e. The molecule has 0 N–H and O–H groups in total. The van der Waals surface area contributed by atoms with Crippen molar-refractivity contribution in [3.8, 4) is 11.1 Å². The van der Waals surface area contributed by atoms with Crippen LogP contribution < -0.4 is 24.8 Å². The van der Waals surface area contributed by atoms with Crippen molar-refractivity contribution in [2.24, 2.45) is 35.0 Å². The van der Waals surface area contributed by atoms with Crippen molar-refractivity contribution in [1.29, 1.82) is 0 Å². The Labute approximate surface area is 272 Å². The van der Waals surface area contributed by atoms with Gasteiger partial charge in [-0.25, -0.2) is 6.08 Å². The zero-order valence-electron chi connectivity index (χ0n) is 25.8. The van der Waals surface area contributed by atoms with Crippen LogP contribution in [0.4, 0.5) is 0 Å². The van der Waals surface area contributed by atoms with Gasteiger partial charge in [-0.3, -0.25) is 6.08 Å². The van der Waals surface area contributed by atoms with Crippen LogP contribution in [0.25, 0.3) is 11.1 Å². The molecule has 4 saturated carbocycles. The van der Waals surface area contributed by atoms with E-state index in [1.165, 1.54) is 73.4 Å². The first-order chi connectivity index (χ1) is 17.9. The maximum Gasteiger partial charge on any atom is -0.0253 e. The van der Waals surface area contributed by atoms with Gasteiger partial charge in [0.2, 0.25) is 0 Å². The minimum atomic E-state index is 0. The van der Waals surface area contributed by atoms with Gasteiger partial charge in [-0.1, -0.05) is 56.7 Å². The molecule has 4 fully saturated rings. The molecule has 40 heavy (non-hydrogen) atoms. The van der Waals surface area contributed by atoms with Gasteiger partial charge in [-0.15, -0.1) is 11.1 Å². The Bertz CT molecular complexity index is 1230. The fraction of sp³-hybridized carbons (Fsp3) is 0.541. The molecule has 8 rings (SSSR count). The summed E-state index contributed by atoms with van der Waals surface area (Å²) in [6, 6.07) is 10.5. The van der Waals surface area contributed by atoms with Gasteiger partial charge in [-0.05, 0) is 92.7 Å². The van der Waals surface area contributed by atoms with E-state index >= 15 is 0 Å². The molecule has 2 aromatic carbocycles. The minimum absolute atomic E-state index is 0. The Hall–Kier alpha value is -0.747.